The lowest BCUT2D eigenvalue weighted by Crippen LogP contribution is -2.03. The van der Waals surface area contributed by atoms with E-state index in [9.17, 15) is 0 Å². The first-order valence-corrected chi connectivity index (χ1v) is 4.01. The molecule has 0 saturated carbocycles. The summed E-state index contributed by atoms with van der Waals surface area (Å²) < 4.78 is 5.27. The number of nitrogens with zero attached hydrogens (tertiary/aromatic N) is 1. The summed E-state index contributed by atoms with van der Waals surface area (Å²) in [6.45, 7) is 1.85. The van der Waals surface area contributed by atoms with Crippen LogP contribution in [0.25, 0.3) is 0 Å². The van der Waals surface area contributed by atoms with Gasteiger partial charge in [-0.1, -0.05) is 0 Å². The lowest BCUT2D eigenvalue weighted by molar-refractivity contribution is 0.185. The molecular weight excluding hydrogens is 140 g/mol. The second-order valence-electron chi connectivity index (χ2n) is 3.02. The normalized spacial score (nSPS) is 24.2. The monoisotopic (exact) mass is 152 g/mol. The van der Waals surface area contributed by atoms with Gasteiger partial charge in [0.25, 0.3) is 0 Å². The van der Waals surface area contributed by atoms with Crippen molar-refractivity contribution in [3.63, 3.8) is 0 Å². The highest BCUT2D eigenvalue weighted by Gasteiger charge is 2.15. The van der Waals surface area contributed by atoms with E-state index in [0.717, 1.165) is 19.6 Å². The third kappa shape index (κ3) is 1.60. The third-order valence-electron chi connectivity index (χ3n) is 2.09. The van der Waals surface area contributed by atoms with Crippen molar-refractivity contribution in [3.05, 3.63) is 18.0 Å². The fourth-order valence-corrected chi connectivity index (χ4v) is 1.45. The first-order valence-electron chi connectivity index (χ1n) is 4.01. The summed E-state index contributed by atoms with van der Waals surface area (Å²) in [6, 6.07) is 2.03. The van der Waals surface area contributed by atoms with Crippen LogP contribution in [-0.2, 0) is 11.2 Å². The van der Waals surface area contributed by atoms with Gasteiger partial charge in [-0.2, -0.15) is 5.10 Å². The molecule has 1 aromatic heterocycles. The number of aromatic nitrogens is 2. The predicted molar refractivity (Wildman–Crippen MR) is 41.2 cm³/mol. The van der Waals surface area contributed by atoms with Crippen molar-refractivity contribution < 1.29 is 4.74 Å². The average molecular weight is 152 g/mol. The number of hydrogen-bond acceptors (Lipinski definition) is 2. The number of rotatable bonds is 2. The molecule has 1 aromatic rings. The summed E-state index contributed by atoms with van der Waals surface area (Å²) in [4.78, 5) is 0. The highest BCUT2D eigenvalue weighted by Crippen LogP contribution is 2.16. The quantitative estimate of drug-likeness (QED) is 0.686. The molecule has 1 aliphatic rings. The van der Waals surface area contributed by atoms with E-state index in [4.69, 9.17) is 4.74 Å². The highest BCUT2D eigenvalue weighted by molar-refractivity contribution is 4.99. The number of nitrogens with one attached hydrogen (secondary N) is 1. The van der Waals surface area contributed by atoms with E-state index in [1.165, 1.54) is 12.1 Å². The highest BCUT2D eigenvalue weighted by atomic mass is 16.5. The van der Waals surface area contributed by atoms with Crippen LogP contribution in [0.15, 0.2) is 12.3 Å². The molecule has 0 radical (unpaired) electrons. The molecule has 1 aliphatic heterocycles. The van der Waals surface area contributed by atoms with Gasteiger partial charge in [-0.05, 0) is 24.8 Å². The summed E-state index contributed by atoms with van der Waals surface area (Å²) in [5.74, 6) is 0.704. The maximum Gasteiger partial charge on any atom is 0.0498 e. The van der Waals surface area contributed by atoms with Crippen LogP contribution in [0, 0.1) is 5.92 Å². The molecule has 1 saturated heterocycles. The fourth-order valence-electron chi connectivity index (χ4n) is 1.45. The van der Waals surface area contributed by atoms with Gasteiger partial charge in [-0.25, -0.2) is 0 Å². The zero-order valence-electron chi connectivity index (χ0n) is 6.42. The van der Waals surface area contributed by atoms with Gasteiger partial charge >= 0.3 is 0 Å². The number of H-pyrrole nitrogens is 1. The van der Waals surface area contributed by atoms with E-state index in [1.54, 1.807) is 6.20 Å². The van der Waals surface area contributed by atoms with Gasteiger partial charge in [0.1, 0.15) is 0 Å². The molecule has 1 fully saturated rings. The van der Waals surface area contributed by atoms with E-state index < -0.39 is 0 Å². The molecule has 0 spiro atoms. The molecule has 11 heavy (non-hydrogen) atoms. The number of aromatic amines is 1. The van der Waals surface area contributed by atoms with Gasteiger partial charge < -0.3 is 4.74 Å². The minimum atomic E-state index is 0.704. The molecule has 1 N–H and O–H groups in total. The molecule has 3 heteroatoms. The Balaban J connectivity index is 1.90. The van der Waals surface area contributed by atoms with E-state index >= 15 is 0 Å². The molecule has 0 unspecified atom stereocenters. The SMILES string of the molecule is c1cc(C[C@H]2CCOC2)[nH]n1. The van der Waals surface area contributed by atoms with E-state index in [1.807, 2.05) is 6.07 Å². The van der Waals surface area contributed by atoms with Crippen molar-refractivity contribution in [2.75, 3.05) is 13.2 Å². The van der Waals surface area contributed by atoms with Crippen LogP contribution in [0.3, 0.4) is 0 Å². The third-order valence-corrected chi connectivity index (χ3v) is 2.09. The van der Waals surface area contributed by atoms with Crippen molar-refractivity contribution in [2.45, 2.75) is 12.8 Å². The second-order valence-corrected chi connectivity index (χ2v) is 3.02. The zero-order valence-corrected chi connectivity index (χ0v) is 6.42. The Morgan fingerprint density at radius 1 is 1.73 bits per heavy atom. The maximum atomic E-state index is 5.27. The second kappa shape index (κ2) is 3.05. The molecule has 0 amide bonds. The summed E-state index contributed by atoms with van der Waals surface area (Å²) in [7, 11) is 0. The summed E-state index contributed by atoms with van der Waals surface area (Å²) in [5, 5.41) is 6.86. The van der Waals surface area contributed by atoms with Crippen molar-refractivity contribution in [2.24, 2.45) is 5.92 Å². The predicted octanol–water partition coefficient (Wildman–Crippen LogP) is 0.989. The Morgan fingerprint density at radius 2 is 2.73 bits per heavy atom. The van der Waals surface area contributed by atoms with Gasteiger partial charge in [-0.15, -0.1) is 0 Å². The van der Waals surface area contributed by atoms with Crippen LogP contribution in [-0.4, -0.2) is 23.4 Å². The van der Waals surface area contributed by atoms with Crippen molar-refractivity contribution >= 4 is 0 Å². The molecule has 0 aromatic carbocycles. The number of hydrogen-bond donors (Lipinski definition) is 1. The van der Waals surface area contributed by atoms with Gasteiger partial charge in [0.05, 0.1) is 0 Å². The Kier molecular flexibility index (Phi) is 1.90. The van der Waals surface area contributed by atoms with Crippen LogP contribution in [0.5, 0.6) is 0 Å². The summed E-state index contributed by atoms with van der Waals surface area (Å²) in [6.07, 6.45) is 4.07. The molecule has 0 aliphatic carbocycles. The van der Waals surface area contributed by atoms with Crippen molar-refractivity contribution in [1.29, 1.82) is 0 Å². The van der Waals surface area contributed by atoms with Gasteiger partial charge in [-0.3, -0.25) is 5.10 Å². The molecule has 3 nitrogen and oxygen atoms in total. The van der Waals surface area contributed by atoms with E-state index in [0.29, 0.717) is 5.92 Å². The summed E-state index contributed by atoms with van der Waals surface area (Å²) in [5.41, 5.74) is 1.22. The first-order chi connectivity index (χ1) is 5.45. The number of ether oxygens (including phenoxy) is 1. The van der Waals surface area contributed by atoms with Crippen LogP contribution in [0.1, 0.15) is 12.1 Å². The first kappa shape index (κ1) is 6.85. The molecule has 0 bridgehead atoms. The Labute approximate surface area is 65.8 Å². The smallest absolute Gasteiger partial charge is 0.0498 e. The Hall–Kier alpha value is -0.830. The van der Waals surface area contributed by atoms with Gasteiger partial charge in [0, 0.05) is 25.1 Å². The van der Waals surface area contributed by atoms with E-state index in [-0.39, 0.29) is 0 Å². The van der Waals surface area contributed by atoms with Crippen LogP contribution >= 0.6 is 0 Å². The molecular formula is C8H12N2O. The molecule has 2 rings (SSSR count). The van der Waals surface area contributed by atoms with Crippen molar-refractivity contribution in [1.82, 2.24) is 10.2 Å². The molecule has 60 valence electrons. The van der Waals surface area contributed by atoms with Crippen LogP contribution in [0.2, 0.25) is 0 Å². The minimum absolute atomic E-state index is 0.704. The lowest BCUT2D eigenvalue weighted by atomic mass is 10.0. The standard InChI is InChI=1S/C8H12N2O/c1-3-9-10-8(1)5-7-2-4-11-6-7/h1,3,7H,2,4-6H2,(H,9,10)/t7-/m1/s1. The minimum Gasteiger partial charge on any atom is -0.381 e. The average Bonchev–Trinajstić information content (AvgIpc) is 2.60. The Morgan fingerprint density at radius 3 is 3.36 bits per heavy atom. The topological polar surface area (TPSA) is 37.9 Å². The molecule has 2 heterocycles. The fraction of sp³-hybridized carbons (Fsp3) is 0.625. The molecule has 1 atom stereocenters. The Bertz CT molecular complexity index is 202. The maximum absolute atomic E-state index is 5.27. The van der Waals surface area contributed by atoms with Gasteiger partial charge in [0.15, 0.2) is 0 Å². The largest absolute Gasteiger partial charge is 0.381 e. The van der Waals surface area contributed by atoms with Gasteiger partial charge in [0.2, 0.25) is 0 Å². The van der Waals surface area contributed by atoms with Crippen LogP contribution in [0.4, 0.5) is 0 Å². The van der Waals surface area contributed by atoms with E-state index in [2.05, 4.69) is 10.2 Å². The van der Waals surface area contributed by atoms with Crippen LogP contribution < -0.4 is 0 Å². The van der Waals surface area contributed by atoms with Crippen molar-refractivity contribution in [3.8, 4) is 0 Å². The lowest BCUT2D eigenvalue weighted by Gasteiger charge is -2.03. The summed E-state index contributed by atoms with van der Waals surface area (Å²) >= 11 is 0. The zero-order chi connectivity index (χ0) is 7.52.